The Hall–Kier alpha value is -1.27. The van der Waals surface area contributed by atoms with Gasteiger partial charge in [0, 0.05) is 17.4 Å². The van der Waals surface area contributed by atoms with Crippen molar-refractivity contribution in [2.24, 2.45) is 11.1 Å². The molecule has 108 valence electrons. The van der Waals surface area contributed by atoms with Crippen molar-refractivity contribution in [1.29, 1.82) is 0 Å². The molecule has 5 N–H and O–H groups in total. The topological polar surface area (TPSA) is 98.2 Å². The normalized spacial score (nSPS) is 15.0. The molecule has 1 aromatic rings. The Labute approximate surface area is 115 Å². The molecule has 0 aromatic heterocycles. The minimum absolute atomic E-state index is 0.0753. The first-order chi connectivity index (χ1) is 8.66. The first-order valence-corrected chi connectivity index (χ1v) is 7.90. The van der Waals surface area contributed by atoms with Crippen LogP contribution < -0.4 is 16.2 Å². The molecule has 1 rings (SSSR count). The molecule has 0 heterocycles. The summed E-state index contributed by atoms with van der Waals surface area (Å²) in [7, 11) is -3.76. The first kappa shape index (κ1) is 15.8. The van der Waals surface area contributed by atoms with E-state index in [0.29, 0.717) is 17.2 Å². The van der Waals surface area contributed by atoms with E-state index in [4.69, 9.17) is 10.9 Å². The van der Waals surface area contributed by atoms with Crippen molar-refractivity contribution in [3.63, 3.8) is 0 Å². The molecule has 0 aliphatic carbocycles. The van der Waals surface area contributed by atoms with Gasteiger partial charge in [0.1, 0.15) is 0 Å². The van der Waals surface area contributed by atoms with Crippen LogP contribution in [0.1, 0.15) is 32.8 Å². The summed E-state index contributed by atoms with van der Waals surface area (Å²) in [5.41, 5.74) is 7.46. The zero-order valence-electron chi connectivity index (χ0n) is 11.9. The fourth-order valence-electron chi connectivity index (χ4n) is 1.90. The van der Waals surface area contributed by atoms with Crippen LogP contribution in [0.15, 0.2) is 17.0 Å². The van der Waals surface area contributed by atoms with Crippen molar-refractivity contribution in [3.8, 4) is 0 Å². The number of nitrogen functional groups attached to an aromatic ring is 1. The van der Waals surface area contributed by atoms with Crippen molar-refractivity contribution >= 4 is 21.4 Å². The number of benzene rings is 1. The van der Waals surface area contributed by atoms with Crippen LogP contribution in [0.25, 0.3) is 0 Å². The fourth-order valence-corrected chi connectivity index (χ4v) is 2.73. The summed E-state index contributed by atoms with van der Waals surface area (Å²) >= 11 is 0. The van der Waals surface area contributed by atoms with Gasteiger partial charge in [-0.3, -0.25) is 0 Å². The van der Waals surface area contributed by atoms with Gasteiger partial charge in [-0.1, -0.05) is 20.3 Å². The maximum Gasteiger partial charge on any atom is 0.238 e. The summed E-state index contributed by atoms with van der Waals surface area (Å²) in [6.45, 7) is 8.04. The van der Waals surface area contributed by atoms with Crippen molar-refractivity contribution in [1.82, 2.24) is 0 Å². The molecular weight excluding hydrogens is 262 g/mol. The Morgan fingerprint density at radius 2 is 1.89 bits per heavy atom. The third-order valence-corrected chi connectivity index (χ3v) is 4.61. The zero-order chi connectivity index (χ0) is 14.8. The van der Waals surface area contributed by atoms with Crippen molar-refractivity contribution in [3.05, 3.63) is 17.7 Å². The highest BCUT2D eigenvalue weighted by atomic mass is 32.2. The first-order valence-electron chi connectivity index (χ1n) is 6.36. The Morgan fingerprint density at radius 1 is 1.32 bits per heavy atom. The lowest BCUT2D eigenvalue weighted by Gasteiger charge is -2.23. The minimum atomic E-state index is -3.76. The van der Waals surface area contributed by atoms with Crippen LogP contribution in [0.2, 0.25) is 0 Å². The van der Waals surface area contributed by atoms with Gasteiger partial charge in [-0.2, -0.15) is 0 Å². The number of hydrogen-bond donors (Lipinski definition) is 3. The maximum absolute atomic E-state index is 11.5. The number of sulfonamides is 1. The predicted octanol–water partition coefficient (Wildman–Crippen LogP) is 2.07. The lowest BCUT2D eigenvalue weighted by molar-refractivity contribution is 0.494. The van der Waals surface area contributed by atoms with Gasteiger partial charge in [0.25, 0.3) is 0 Å². The molecule has 0 saturated carbocycles. The van der Waals surface area contributed by atoms with Crippen LogP contribution in [0.3, 0.4) is 0 Å². The molecule has 1 aromatic carbocycles. The minimum Gasteiger partial charge on any atom is -0.399 e. The number of nitrogens with one attached hydrogen (secondary N) is 1. The van der Waals surface area contributed by atoms with Gasteiger partial charge < -0.3 is 11.1 Å². The van der Waals surface area contributed by atoms with E-state index in [0.717, 1.165) is 12.1 Å². The SMILES string of the molecule is CCC(C)C(C)Nc1cc(N)cc(S(N)(=O)=O)c1C. The van der Waals surface area contributed by atoms with E-state index in [1.54, 1.807) is 13.0 Å². The van der Waals surface area contributed by atoms with Gasteiger partial charge in [0.15, 0.2) is 0 Å². The second-order valence-corrected chi connectivity index (χ2v) is 6.59. The molecule has 0 saturated heterocycles. The molecule has 6 heteroatoms. The Morgan fingerprint density at radius 3 is 2.37 bits per heavy atom. The van der Waals surface area contributed by atoms with Gasteiger partial charge in [-0.25, -0.2) is 13.6 Å². The van der Waals surface area contributed by atoms with Crippen LogP contribution in [-0.4, -0.2) is 14.5 Å². The summed E-state index contributed by atoms with van der Waals surface area (Å²) in [6.07, 6.45) is 1.04. The van der Waals surface area contributed by atoms with Crippen LogP contribution in [0.5, 0.6) is 0 Å². The molecule has 0 fully saturated rings. The zero-order valence-corrected chi connectivity index (χ0v) is 12.7. The maximum atomic E-state index is 11.5. The van der Waals surface area contributed by atoms with Gasteiger partial charge in [-0.15, -0.1) is 0 Å². The van der Waals surface area contributed by atoms with Crippen molar-refractivity contribution < 1.29 is 8.42 Å². The van der Waals surface area contributed by atoms with E-state index in [2.05, 4.69) is 26.1 Å². The Balaban J connectivity index is 3.20. The van der Waals surface area contributed by atoms with E-state index >= 15 is 0 Å². The smallest absolute Gasteiger partial charge is 0.238 e. The number of rotatable bonds is 5. The van der Waals surface area contributed by atoms with Crippen LogP contribution >= 0.6 is 0 Å². The van der Waals surface area contributed by atoms with Crippen LogP contribution in [0.4, 0.5) is 11.4 Å². The fraction of sp³-hybridized carbons (Fsp3) is 0.538. The van der Waals surface area contributed by atoms with E-state index in [-0.39, 0.29) is 10.9 Å². The highest BCUT2D eigenvalue weighted by Gasteiger charge is 2.17. The van der Waals surface area contributed by atoms with Crippen LogP contribution in [-0.2, 0) is 10.0 Å². The highest BCUT2D eigenvalue weighted by Crippen LogP contribution is 2.27. The second-order valence-electron chi connectivity index (χ2n) is 5.06. The molecule has 0 radical (unpaired) electrons. The summed E-state index contributed by atoms with van der Waals surface area (Å²) in [6, 6.07) is 3.35. The molecule has 0 aliphatic rings. The lowest BCUT2D eigenvalue weighted by Crippen LogP contribution is -2.24. The molecule has 19 heavy (non-hydrogen) atoms. The summed E-state index contributed by atoms with van der Waals surface area (Å²) in [4.78, 5) is 0.0753. The summed E-state index contributed by atoms with van der Waals surface area (Å²) < 4.78 is 23.1. The number of primary sulfonamides is 1. The third kappa shape index (κ3) is 3.84. The molecule has 0 spiro atoms. The number of anilines is 2. The molecule has 0 aliphatic heterocycles. The highest BCUT2D eigenvalue weighted by molar-refractivity contribution is 7.89. The molecule has 0 amide bonds. The molecule has 2 atom stereocenters. The average molecular weight is 285 g/mol. The van der Waals surface area contributed by atoms with Crippen molar-refractivity contribution in [2.75, 3.05) is 11.1 Å². The number of hydrogen-bond acceptors (Lipinski definition) is 4. The second kappa shape index (κ2) is 5.79. The van der Waals surface area contributed by atoms with Gasteiger partial charge >= 0.3 is 0 Å². The standard InChI is InChI=1S/C13H23N3O2S/c1-5-8(2)10(4)16-12-6-11(14)7-13(9(12)3)19(15,17)18/h6-8,10,16H,5,14H2,1-4H3,(H2,15,17,18). The Bertz CT molecular complexity index is 555. The number of nitrogens with two attached hydrogens (primary N) is 2. The van der Waals surface area contributed by atoms with Crippen molar-refractivity contribution in [2.45, 2.75) is 45.1 Å². The molecule has 5 nitrogen and oxygen atoms in total. The quantitative estimate of drug-likeness (QED) is 0.721. The molecular formula is C13H23N3O2S. The third-order valence-electron chi connectivity index (χ3n) is 3.57. The van der Waals surface area contributed by atoms with E-state index in [9.17, 15) is 8.42 Å². The lowest BCUT2D eigenvalue weighted by atomic mass is 10.00. The average Bonchev–Trinajstić information content (AvgIpc) is 2.30. The summed E-state index contributed by atoms with van der Waals surface area (Å²) in [5, 5.41) is 8.52. The van der Waals surface area contributed by atoms with Crippen LogP contribution in [0, 0.1) is 12.8 Å². The van der Waals surface area contributed by atoms with Gasteiger partial charge in [0.2, 0.25) is 10.0 Å². The predicted molar refractivity (Wildman–Crippen MR) is 79.5 cm³/mol. The van der Waals surface area contributed by atoms with E-state index in [1.807, 2.05) is 0 Å². The van der Waals surface area contributed by atoms with Gasteiger partial charge in [-0.05, 0) is 37.5 Å². The molecule has 0 bridgehead atoms. The monoisotopic (exact) mass is 285 g/mol. The summed E-state index contributed by atoms with van der Waals surface area (Å²) in [5.74, 6) is 0.471. The molecule has 2 unspecified atom stereocenters. The van der Waals surface area contributed by atoms with E-state index < -0.39 is 10.0 Å². The largest absolute Gasteiger partial charge is 0.399 e. The van der Waals surface area contributed by atoms with Gasteiger partial charge in [0.05, 0.1) is 4.90 Å². The van der Waals surface area contributed by atoms with E-state index in [1.165, 1.54) is 6.07 Å². The Kier molecular flexibility index (Phi) is 4.81.